The van der Waals surface area contributed by atoms with Gasteiger partial charge in [0.05, 0.1) is 29.0 Å². The fourth-order valence-electron chi connectivity index (χ4n) is 2.58. The first-order valence-corrected chi connectivity index (χ1v) is 8.26. The summed E-state index contributed by atoms with van der Waals surface area (Å²) in [6.45, 7) is 10.7. The Bertz CT molecular complexity index is 571. The van der Waals surface area contributed by atoms with Gasteiger partial charge in [0.1, 0.15) is 11.2 Å². The first kappa shape index (κ1) is 17.3. The van der Waals surface area contributed by atoms with Gasteiger partial charge >= 0.3 is 6.09 Å². The molecule has 1 saturated heterocycles. The first-order valence-electron chi connectivity index (χ1n) is 7.47. The number of aromatic nitrogens is 2. The van der Waals surface area contributed by atoms with E-state index in [0.29, 0.717) is 6.42 Å². The Hall–Kier alpha value is -1.08. The van der Waals surface area contributed by atoms with E-state index >= 15 is 0 Å². The first-order chi connectivity index (χ1) is 10.0. The molecule has 0 spiro atoms. The maximum Gasteiger partial charge on any atom is 0.410 e. The van der Waals surface area contributed by atoms with Crippen LogP contribution in [0.3, 0.4) is 0 Å². The van der Waals surface area contributed by atoms with E-state index in [1.54, 1.807) is 0 Å². The Morgan fingerprint density at radius 3 is 2.55 bits per heavy atom. The second kappa shape index (κ2) is 5.85. The van der Waals surface area contributed by atoms with Crippen molar-refractivity contribution in [2.45, 2.75) is 58.8 Å². The second-order valence-corrected chi connectivity index (χ2v) is 7.69. The molecule has 1 aromatic heterocycles. The lowest BCUT2D eigenvalue weighted by atomic mass is 9.89. The van der Waals surface area contributed by atoms with E-state index in [1.165, 1.54) is 4.90 Å². The van der Waals surface area contributed by atoms with Crippen molar-refractivity contribution < 1.29 is 14.6 Å². The molecule has 2 rings (SSSR count). The van der Waals surface area contributed by atoms with Crippen LogP contribution in [0.4, 0.5) is 4.79 Å². The number of aryl methyl sites for hydroxylation is 2. The zero-order valence-corrected chi connectivity index (χ0v) is 15.4. The summed E-state index contributed by atoms with van der Waals surface area (Å²) in [7, 11) is 0. The third kappa shape index (κ3) is 3.63. The van der Waals surface area contributed by atoms with Gasteiger partial charge in [-0.15, -0.1) is 0 Å². The number of aliphatic hydroxyl groups is 1. The van der Waals surface area contributed by atoms with Crippen LogP contribution in [0.15, 0.2) is 4.47 Å². The molecule has 1 aliphatic rings. The van der Waals surface area contributed by atoms with E-state index in [1.807, 2.05) is 39.3 Å². The summed E-state index contributed by atoms with van der Waals surface area (Å²) in [5, 5.41) is 15.1. The Morgan fingerprint density at radius 1 is 1.45 bits per heavy atom. The molecule has 1 aliphatic heterocycles. The monoisotopic (exact) mass is 373 g/mol. The Labute approximate surface area is 139 Å². The number of amides is 1. The highest BCUT2D eigenvalue weighted by Crippen LogP contribution is 2.31. The number of carbonyl (C=O) groups excluding carboxylic acids is 1. The van der Waals surface area contributed by atoms with Crippen molar-refractivity contribution in [2.75, 3.05) is 13.1 Å². The molecule has 0 atom stereocenters. The van der Waals surface area contributed by atoms with Crippen molar-refractivity contribution in [1.82, 2.24) is 14.7 Å². The number of nitrogens with zero attached hydrogens (tertiary/aromatic N) is 3. The van der Waals surface area contributed by atoms with E-state index in [9.17, 15) is 9.90 Å². The average molecular weight is 374 g/mol. The van der Waals surface area contributed by atoms with E-state index in [4.69, 9.17) is 4.74 Å². The molecule has 0 aromatic carbocycles. The molecule has 7 heteroatoms. The van der Waals surface area contributed by atoms with E-state index < -0.39 is 11.2 Å². The van der Waals surface area contributed by atoms with Crippen molar-refractivity contribution in [3.63, 3.8) is 0 Å². The van der Waals surface area contributed by atoms with Crippen LogP contribution in [0.1, 0.15) is 39.1 Å². The minimum Gasteiger partial charge on any atom is -0.444 e. The number of hydrogen-bond acceptors (Lipinski definition) is 4. The average Bonchev–Trinajstić information content (AvgIpc) is 2.61. The molecule has 1 amide bonds. The van der Waals surface area contributed by atoms with Gasteiger partial charge in [-0.2, -0.15) is 5.10 Å². The second-order valence-electron chi connectivity index (χ2n) is 6.90. The summed E-state index contributed by atoms with van der Waals surface area (Å²) in [5.74, 6) is 0. The number of halogens is 1. The van der Waals surface area contributed by atoms with Crippen molar-refractivity contribution in [2.24, 2.45) is 0 Å². The number of hydrogen-bond donors (Lipinski definition) is 1. The summed E-state index contributed by atoms with van der Waals surface area (Å²) in [4.78, 5) is 13.5. The van der Waals surface area contributed by atoms with Crippen molar-refractivity contribution in [3.8, 4) is 0 Å². The lowest BCUT2D eigenvalue weighted by Crippen LogP contribution is -2.65. The Balaban J connectivity index is 2.00. The van der Waals surface area contributed by atoms with Crippen LogP contribution < -0.4 is 0 Å². The standard InChI is InChI=1S/C15H24BrN3O3/c1-6-19-11(12(16)10(2)17-19)7-15(21)8-18(9-15)13(20)22-14(3,4)5/h21H,6-9H2,1-5H3. The molecule has 22 heavy (non-hydrogen) atoms. The highest BCUT2D eigenvalue weighted by Gasteiger charge is 2.46. The number of likely N-dealkylation sites (tertiary alicyclic amines) is 1. The highest BCUT2D eigenvalue weighted by atomic mass is 79.9. The Kier molecular flexibility index (Phi) is 4.59. The quantitative estimate of drug-likeness (QED) is 0.883. The molecule has 0 bridgehead atoms. The fourth-order valence-corrected chi connectivity index (χ4v) is 3.01. The normalized spacial score (nSPS) is 17.3. The molecular formula is C15H24BrN3O3. The minimum atomic E-state index is -0.918. The SMILES string of the molecule is CCn1nc(C)c(Br)c1CC1(O)CN(C(=O)OC(C)(C)C)C1. The molecule has 6 nitrogen and oxygen atoms in total. The number of β-amino-alcohol motifs (C(OH)–C–C–N with tert-alkyl or cyclic N) is 1. The minimum absolute atomic E-state index is 0.280. The van der Waals surface area contributed by atoms with Crippen LogP contribution in [-0.2, 0) is 17.7 Å². The molecule has 124 valence electrons. The Morgan fingerprint density at radius 2 is 2.05 bits per heavy atom. The predicted octanol–water partition coefficient (Wildman–Crippen LogP) is 2.50. The number of ether oxygens (including phenoxy) is 1. The van der Waals surface area contributed by atoms with Crippen molar-refractivity contribution >= 4 is 22.0 Å². The van der Waals surface area contributed by atoms with Crippen LogP contribution in [0.25, 0.3) is 0 Å². The van der Waals surface area contributed by atoms with E-state index in [0.717, 1.165) is 22.4 Å². The summed E-state index contributed by atoms with van der Waals surface area (Å²) < 4.78 is 8.12. The van der Waals surface area contributed by atoms with Crippen LogP contribution in [-0.4, -0.2) is 50.2 Å². The maximum absolute atomic E-state index is 11.9. The fraction of sp³-hybridized carbons (Fsp3) is 0.733. The molecule has 0 radical (unpaired) electrons. The lowest BCUT2D eigenvalue weighted by Gasteiger charge is -2.46. The molecule has 0 aliphatic carbocycles. The summed E-state index contributed by atoms with van der Waals surface area (Å²) in [5.41, 5.74) is 0.431. The predicted molar refractivity (Wildman–Crippen MR) is 86.8 cm³/mol. The zero-order valence-electron chi connectivity index (χ0n) is 13.8. The molecule has 0 saturated carbocycles. The van der Waals surface area contributed by atoms with Crippen LogP contribution >= 0.6 is 15.9 Å². The van der Waals surface area contributed by atoms with Crippen LogP contribution in [0, 0.1) is 6.92 Å². The smallest absolute Gasteiger partial charge is 0.410 e. The largest absolute Gasteiger partial charge is 0.444 e. The van der Waals surface area contributed by atoms with Gasteiger partial charge in [-0.05, 0) is 50.5 Å². The summed E-state index contributed by atoms with van der Waals surface area (Å²) >= 11 is 3.53. The molecular weight excluding hydrogens is 350 g/mol. The third-order valence-corrected chi connectivity index (χ3v) is 4.60. The third-order valence-electron chi connectivity index (χ3n) is 3.57. The lowest BCUT2D eigenvalue weighted by molar-refractivity contribution is -0.0983. The maximum atomic E-state index is 11.9. The number of rotatable bonds is 3. The molecule has 1 N–H and O–H groups in total. The molecule has 1 fully saturated rings. The van der Waals surface area contributed by atoms with Crippen LogP contribution in [0.2, 0.25) is 0 Å². The van der Waals surface area contributed by atoms with Crippen molar-refractivity contribution in [3.05, 3.63) is 15.9 Å². The summed E-state index contributed by atoms with van der Waals surface area (Å²) in [6, 6.07) is 0. The van der Waals surface area contributed by atoms with Crippen molar-refractivity contribution in [1.29, 1.82) is 0 Å². The van der Waals surface area contributed by atoms with Gasteiger partial charge in [-0.3, -0.25) is 4.68 Å². The molecule has 0 unspecified atom stereocenters. The molecule has 1 aromatic rings. The van der Waals surface area contributed by atoms with Gasteiger partial charge in [0.25, 0.3) is 0 Å². The van der Waals surface area contributed by atoms with Gasteiger partial charge < -0.3 is 14.7 Å². The van der Waals surface area contributed by atoms with Crippen LogP contribution in [0.5, 0.6) is 0 Å². The highest BCUT2D eigenvalue weighted by molar-refractivity contribution is 9.10. The van der Waals surface area contributed by atoms with E-state index in [-0.39, 0.29) is 19.2 Å². The van der Waals surface area contributed by atoms with Gasteiger partial charge in [0.15, 0.2) is 0 Å². The van der Waals surface area contributed by atoms with Gasteiger partial charge in [-0.1, -0.05) is 0 Å². The molecule has 2 heterocycles. The topological polar surface area (TPSA) is 67.6 Å². The number of carbonyl (C=O) groups is 1. The summed E-state index contributed by atoms with van der Waals surface area (Å²) in [6.07, 6.45) is 0.0816. The zero-order chi connectivity index (χ0) is 16.7. The van der Waals surface area contributed by atoms with Gasteiger partial charge in [0.2, 0.25) is 0 Å². The van der Waals surface area contributed by atoms with E-state index in [2.05, 4.69) is 21.0 Å². The van der Waals surface area contributed by atoms with Gasteiger partial charge in [0, 0.05) is 13.0 Å². The van der Waals surface area contributed by atoms with Gasteiger partial charge in [-0.25, -0.2) is 4.79 Å².